The molecule has 0 spiro atoms. The number of hydrogen-bond acceptors (Lipinski definition) is 3. The average molecular weight is 286 g/mol. The van der Waals surface area contributed by atoms with Crippen LogP contribution in [0.5, 0.6) is 0 Å². The largest absolute Gasteiger partial charge is 0.385 e. The molecule has 0 aliphatic carbocycles. The lowest BCUT2D eigenvalue weighted by molar-refractivity contribution is -0.644. The standard InChI is InChI=1S/C17H23N3O/c1-19-8-2-4-15-5-6-16(14-17(15)19)18-7-3-9-20-10-12-21-13-11-20/h2,4-6,8,14H,3,7,9-13H2,1H3/p+1. The topological polar surface area (TPSA) is 28.4 Å². The van der Waals surface area contributed by atoms with Crippen LogP contribution in [0.15, 0.2) is 36.5 Å². The molecule has 1 saturated heterocycles. The first-order chi connectivity index (χ1) is 10.3. The summed E-state index contributed by atoms with van der Waals surface area (Å²) in [6, 6.07) is 10.8. The third-order valence-corrected chi connectivity index (χ3v) is 4.08. The lowest BCUT2D eigenvalue weighted by atomic mass is 10.2. The molecule has 2 heterocycles. The van der Waals surface area contributed by atoms with Crippen LogP contribution < -0.4 is 9.88 Å². The van der Waals surface area contributed by atoms with E-state index in [9.17, 15) is 0 Å². The lowest BCUT2D eigenvalue weighted by Crippen LogP contribution is -2.37. The van der Waals surface area contributed by atoms with Crippen LogP contribution in [0.2, 0.25) is 0 Å². The monoisotopic (exact) mass is 286 g/mol. The van der Waals surface area contributed by atoms with Gasteiger partial charge in [-0.25, -0.2) is 4.57 Å². The molecule has 0 amide bonds. The molecule has 112 valence electrons. The van der Waals surface area contributed by atoms with Gasteiger partial charge in [0, 0.05) is 42.8 Å². The zero-order valence-electron chi connectivity index (χ0n) is 12.7. The molecule has 0 bridgehead atoms. The summed E-state index contributed by atoms with van der Waals surface area (Å²) >= 11 is 0. The zero-order valence-corrected chi connectivity index (χ0v) is 12.7. The Morgan fingerprint density at radius 2 is 2.10 bits per heavy atom. The molecule has 1 aromatic carbocycles. The molecule has 3 rings (SSSR count). The fourth-order valence-electron chi connectivity index (χ4n) is 2.82. The van der Waals surface area contributed by atoms with E-state index in [1.807, 2.05) is 0 Å². The number of hydrogen-bond donors (Lipinski definition) is 1. The van der Waals surface area contributed by atoms with E-state index >= 15 is 0 Å². The number of fused-ring (bicyclic) bond motifs is 1. The van der Waals surface area contributed by atoms with Gasteiger partial charge in [0.1, 0.15) is 7.05 Å². The molecular formula is C17H24N3O+. The number of ether oxygens (including phenoxy) is 1. The number of aromatic nitrogens is 1. The van der Waals surface area contributed by atoms with Crippen molar-refractivity contribution in [1.82, 2.24) is 4.90 Å². The Morgan fingerprint density at radius 1 is 1.24 bits per heavy atom. The van der Waals surface area contributed by atoms with E-state index < -0.39 is 0 Å². The average Bonchev–Trinajstić information content (AvgIpc) is 2.53. The van der Waals surface area contributed by atoms with Crippen molar-refractivity contribution in [3.8, 4) is 0 Å². The van der Waals surface area contributed by atoms with Crippen molar-refractivity contribution < 1.29 is 9.30 Å². The van der Waals surface area contributed by atoms with Crippen LogP contribution >= 0.6 is 0 Å². The minimum Gasteiger partial charge on any atom is -0.385 e. The van der Waals surface area contributed by atoms with Gasteiger partial charge in [0.25, 0.3) is 0 Å². The van der Waals surface area contributed by atoms with E-state index in [1.165, 1.54) is 23.0 Å². The number of pyridine rings is 1. The summed E-state index contributed by atoms with van der Waals surface area (Å²) in [6.07, 6.45) is 3.25. The van der Waals surface area contributed by atoms with E-state index in [-0.39, 0.29) is 0 Å². The molecule has 0 unspecified atom stereocenters. The van der Waals surface area contributed by atoms with E-state index in [4.69, 9.17) is 4.74 Å². The van der Waals surface area contributed by atoms with Gasteiger partial charge in [0.2, 0.25) is 5.52 Å². The highest BCUT2D eigenvalue weighted by atomic mass is 16.5. The van der Waals surface area contributed by atoms with E-state index in [2.05, 4.69) is 58.4 Å². The summed E-state index contributed by atoms with van der Waals surface area (Å²) in [4.78, 5) is 2.48. The van der Waals surface area contributed by atoms with Crippen molar-refractivity contribution in [2.75, 3.05) is 44.7 Å². The summed E-state index contributed by atoms with van der Waals surface area (Å²) in [5, 5.41) is 4.81. The summed E-state index contributed by atoms with van der Waals surface area (Å²) in [5.74, 6) is 0. The second-order valence-electron chi connectivity index (χ2n) is 5.63. The van der Waals surface area contributed by atoms with Crippen LogP contribution in [0, 0.1) is 0 Å². The molecule has 1 aliphatic rings. The molecule has 1 aromatic heterocycles. The van der Waals surface area contributed by atoms with Crippen LogP contribution in [0.1, 0.15) is 6.42 Å². The van der Waals surface area contributed by atoms with Gasteiger partial charge >= 0.3 is 0 Å². The zero-order chi connectivity index (χ0) is 14.5. The number of rotatable bonds is 5. The Bertz CT molecular complexity index is 594. The van der Waals surface area contributed by atoms with E-state index in [0.717, 1.165) is 39.4 Å². The van der Waals surface area contributed by atoms with Crippen molar-refractivity contribution in [3.63, 3.8) is 0 Å². The van der Waals surface area contributed by atoms with Crippen molar-refractivity contribution in [2.45, 2.75) is 6.42 Å². The molecule has 1 aliphatic heterocycles. The van der Waals surface area contributed by atoms with Crippen molar-refractivity contribution in [2.24, 2.45) is 7.05 Å². The minimum absolute atomic E-state index is 0.884. The maximum atomic E-state index is 5.37. The number of aryl methyl sites for hydroxylation is 1. The van der Waals surface area contributed by atoms with Crippen LogP contribution in [0.25, 0.3) is 10.9 Å². The quantitative estimate of drug-likeness (QED) is 0.671. The number of nitrogens with zero attached hydrogens (tertiary/aromatic N) is 2. The van der Waals surface area contributed by atoms with Gasteiger partial charge in [-0.05, 0) is 31.2 Å². The summed E-state index contributed by atoms with van der Waals surface area (Å²) < 4.78 is 7.53. The number of morpholine rings is 1. The van der Waals surface area contributed by atoms with Gasteiger partial charge in [0.05, 0.1) is 13.2 Å². The molecule has 4 nitrogen and oxygen atoms in total. The predicted octanol–water partition coefficient (Wildman–Crippen LogP) is 1.80. The SMILES string of the molecule is C[n+]1cccc2ccc(NCCCN3CCOCC3)cc21. The highest BCUT2D eigenvalue weighted by Crippen LogP contribution is 2.15. The fraction of sp³-hybridized carbons (Fsp3) is 0.471. The van der Waals surface area contributed by atoms with Crippen LogP contribution in [-0.2, 0) is 11.8 Å². The lowest BCUT2D eigenvalue weighted by Gasteiger charge is -2.26. The summed E-state index contributed by atoms with van der Waals surface area (Å²) in [7, 11) is 2.09. The van der Waals surface area contributed by atoms with Gasteiger partial charge in [0.15, 0.2) is 6.20 Å². The minimum atomic E-state index is 0.884. The van der Waals surface area contributed by atoms with E-state index in [1.54, 1.807) is 0 Å². The molecule has 2 aromatic rings. The smallest absolute Gasteiger partial charge is 0.214 e. The molecular weight excluding hydrogens is 262 g/mol. The first-order valence-electron chi connectivity index (χ1n) is 7.75. The molecule has 1 N–H and O–H groups in total. The molecule has 4 heteroatoms. The van der Waals surface area contributed by atoms with Gasteiger partial charge in [-0.15, -0.1) is 0 Å². The number of anilines is 1. The van der Waals surface area contributed by atoms with E-state index in [0.29, 0.717) is 0 Å². The highest BCUT2D eigenvalue weighted by Gasteiger charge is 2.09. The van der Waals surface area contributed by atoms with Gasteiger partial charge in [-0.2, -0.15) is 0 Å². The summed E-state index contributed by atoms with van der Waals surface area (Å²) in [6.45, 7) is 6.08. The third kappa shape index (κ3) is 3.71. The van der Waals surface area contributed by atoms with Gasteiger partial charge in [-0.3, -0.25) is 4.90 Å². The molecule has 1 fully saturated rings. The van der Waals surface area contributed by atoms with Crippen molar-refractivity contribution in [3.05, 3.63) is 36.5 Å². The second-order valence-corrected chi connectivity index (χ2v) is 5.63. The van der Waals surface area contributed by atoms with Gasteiger partial charge in [-0.1, -0.05) is 0 Å². The van der Waals surface area contributed by atoms with Crippen LogP contribution in [0.4, 0.5) is 5.69 Å². The Morgan fingerprint density at radius 3 is 2.95 bits per heavy atom. The Labute approximate surface area is 126 Å². The Balaban J connectivity index is 1.52. The Kier molecular flexibility index (Phi) is 4.68. The molecule has 0 radical (unpaired) electrons. The highest BCUT2D eigenvalue weighted by molar-refractivity contribution is 5.79. The predicted molar refractivity (Wildman–Crippen MR) is 85.5 cm³/mol. The van der Waals surface area contributed by atoms with Crippen molar-refractivity contribution >= 4 is 16.6 Å². The molecule has 21 heavy (non-hydrogen) atoms. The summed E-state index contributed by atoms with van der Waals surface area (Å²) in [5.41, 5.74) is 2.46. The van der Waals surface area contributed by atoms with Crippen LogP contribution in [0.3, 0.4) is 0 Å². The maximum absolute atomic E-state index is 5.37. The normalized spacial score (nSPS) is 16.2. The molecule has 0 saturated carbocycles. The number of nitrogens with one attached hydrogen (secondary N) is 1. The Hall–Kier alpha value is -1.65. The number of benzene rings is 1. The first-order valence-corrected chi connectivity index (χ1v) is 7.75. The second kappa shape index (κ2) is 6.87. The fourth-order valence-corrected chi connectivity index (χ4v) is 2.82. The molecule has 0 atom stereocenters. The van der Waals surface area contributed by atoms with Crippen molar-refractivity contribution in [1.29, 1.82) is 0 Å². The third-order valence-electron chi connectivity index (χ3n) is 4.08. The van der Waals surface area contributed by atoms with Crippen LogP contribution in [-0.4, -0.2) is 44.3 Å². The van der Waals surface area contributed by atoms with Gasteiger partial charge < -0.3 is 10.1 Å². The maximum Gasteiger partial charge on any atom is 0.214 e. The first kappa shape index (κ1) is 14.3.